The maximum atomic E-state index is 8.92. The lowest BCUT2D eigenvalue weighted by Crippen LogP contribution is -2.49. The van der Waals surface area contributed by atoms with Gasteiger partial charge in [0.25, 0.3) is 0 Å². The third kappa shape index (κ3) is 4.22. The van der Waals surface area contributed by atoms with E-state index in [-0.39, 0.29) is 18.1 Å². The van der Waals surface area contributed by atoms with E-state index < -0.39 is 0 Å². The van der Waals surface area contributed by atoms with Gasteiger partial charge in [-0.3, -0.25) is 0 Å². The Balaban J connectivity index is 4.66. The molecule has 3 heteroatoms. The average molecular weight is 228 g/mol. The van der Waals surface area contributed by atoms with Crippen LogP contribution in [0, 0.1) is 11.3 Å². The van der Waals surface area contributed by atoms with Gasteiger partial charge < -0.3 is 15.4 Å². The zero-order valence-electron chi connectivity index (χ0n) is 11.5. The van der Waals surface area contributed by atoms with Crippen molar-refractivity contribution in [1.82, 2.24) is 4.90 Å². The molecule has 0 aliphatic heterocycles. The van der Waals surface area contributed by atoms with Crippen LogP contribution in [0.2, 0.25) is 0 Å². The van der Waals surface area contributed by atoms with Gasteiger partial charge in [0, 0.05) is 23.8 Å². The lowest BCUT2D eigenvalue weighted by Gasteiger charge is -2.42. The summed E-state index contributed by atoms with van der Waals surface area (Å²) in [5.41, 5.74) is 0.721. The molecule has 0 amide bonds. The van der Waals surface area contributed by atoms with Crippen molar-refractivity contribution in [3.8, 4) is 0 Å². The summed E-state index contributed by atoms with van der Waals surface area (Å²) < 4.78 is 0. The second-order valence-corrected chi connectivity index (χ2v) is 5.18. The topological polar surface area (TPSA) is 47.3 Å². The lowest BCUT2D eigenvalue weighted by atomic mass is 9.79. The van der Waals surface area contributed by atoms with Crippen LogP contribution < -0.4 is 0 Å². The number of rotatable bonds is 8. The minimum Gasteiger partial charge on any atom is -0.396 e. The van der Waals surface area contributed by atoms with Crippen molar-refractivity contribution < 1.29 is 5.11 Å². The lowest BCUT2D eigenvalue weighted by molar-refractivity contribution is 0.110. The second kappa shape index (κ2) is 7.02. The van der Waals surface area contributed by atoms with Crippen LogP contribution in [0.25, 0.3) is 0 Å². The number of aliphatic hydroxyl groups is 1. The van der Waals surface area contributed by atoms with Crippen molar-refractivity contribution in [3.05, 3.63) is 0 Å². The number of nitrogens with zero attached hydrogens (tertiary/aromatic N) is 1. The van der Waals surface area contributed by atoms with Gasteiger partial charge >= 0.3 is 0 Å². The molecule has 16 heavy (non-hydrogen) atoms. The molecule has 0 aromatic rings. The molecule has 96 valence electrons. The zero-order chi connectivity index (χ0) is 12.8. The largest absolute Gasteiger partial charge is 0.396 e. The van der Waals surface area contributed by atoms with E-state index in [9.17, 15) is 0 Å². The summed E-state index contributed by atoms with van der Waals surface area (Å²) in [5.74, 6) is 0.233. The Hall–Kier alpha value is -0.410. The van der Waals surface area contributed by atoms with Crippen molar-refractivity contribution in [2.24, 2.45) is 5.92 Å². The quantitative estimate of drug-likeness (QED) is 0.627. The summed E-state index contributed by atoms with van der Waals surface area (Å²) in [7, 11) is 2.12. The van der Waals surface area contributed by atoms with Crippen molar-refractivity contribution in [2.75, 3.05) is 20.2 Å². The van der Waals surface area contributed by atoms with E-state index >= 15 is 0 Å². The second-order valence-electron chi connectivity index (χ2n) is 5.18. The number of nitrogens with one attached hydrogen (secondary N) is 1. The molecular formula is C13H28N2O. The molecule has 0 aromatic heterocycles. The maximum absolute atomic E-state index is 8.92. The van der Waals surface area contributed by atoms with E-state index in [1.54, 1.807) is 0 Å². The Morgan fingerprint density at radius 3 is 2.38 bits per heavy atom. The molecule has 1 unspecified atom stereocenters. The highest BCUT2D eigenvalue weighted by Crippen LogP contribution is 2.28. The van der Waals surface area contributed by atoms with E-state index in [2.05, 4.69) is 32.7 Å². The Morgan fingerprint density at radius 2 is 2.00 bits per heavy atom. The molecular weight excluding hydrogens is 200 g/mol. The normalized spacial score (nSPS) is 14.2. The predicted octanol–water partition coefficient (Wildman–Crippen LogP) is 2.54. The molecule has 0 rings (SSSR count). The van der Waals surface area contributed by atoms with E-state index in [4.69, 9.17) is 10.5 Å². The molecule has 0 saturated heterocycles. The molecule has 0 spiro atoms. The number of hydrogen-bond acceptors (Lipinski definition) is 3. The van der Waals surface area contributed by atoms with Crippen LogP contribution in [0.4, 0.5) is 0 Å². The van der Waals surface area contributed by atoms with Gasteiger partial charge in [-0.2, -0.15) is 0 Å². The smallest absolute Gasteiger partial charge is 0.0431 e. The van der Waals surface area contributed by atoms with Crippen LogP contribution in [-0.2, 0) is 0 Å². The van der Waals surface area contributed by atoms with Gasteiger partial charge in [-0.05, 0) is 53.6 Å². The third-order valence-electron chi connectivity index (χ3n) is 3.57. The van der Waals surface area contributed by atoms with Crippen LogP contribution in [0.1, 0.15) is 47.0 Å². The van der Waals surface area contributed by atoms with Gasteiger partial charge in [0.15, 0.2) is 0 Å². The maximum Gasteiger partial charge on any atom is 0.0431 e. The standard InChI is InChI=1S/C13H28N2O/c1-6-9-15(5)13(3,4)12(11(2)14)8-7-10-16/h12,14,16H,6-10H2,1-5H3. The van der Waals surface area contributed by atoms with Gasteiger partial charge in [0.05, 0.1) is 0 Å². The van der Waals surface area contributed by atoms with Gasteiger partial charge in [-0.15, -0.1) is 0 Å². The van der Waals surface area contributed by atoms with Crippen molar-refractivity contribution >= 4 is 5.71 Å². The molecule has 0 radical (unpaired) electrons. The monoisotopic (exact) mass is 228 g/mol. The van der Waals surface area contributed by atoms with E-state index in [0.29, 0.717) is 0 Å². The van der Waals surface area contributed by atoms with Gasteiger partial charge in [-0.25, -0.2) is 0 Å². The fourth-order valence-electron chi connectivity index (χ4n) is 2.28. The molecule has 0 bridgehead atoms. The first-order chi connectivity index (χ1) is 7.37. The van der Waals surface area contributed by atoms with Crippen LogP contribution in [0.3, 0.4) is 0 Å². The van der Waals surface area contributed by atoms with Gasteiger partial charge in [-0.1, -0.05) is 6.92 Å². The van der Waals surface area contributed by atoms with Gasteiger partial charge in [0.1, 0.15) is 0 Å². The molecule has 0 aliphatic carbocycles. The molecule has 0 saturated carbocycles. The summed E-state index contributed by atoms with van der Waals surface area (Å²) in [5, 5.41) is 16.8. The molecule has 1 atom stereocenters. The van der Waals surface area contributed by atoms with Crippen molar-refractivity contribution in [3.63, 3.8) is 0 Å². The highest BCUT2D eigenvalue weighted by molar-refractivity contribution is 5.82. The Kier molecular flexibility index (Phi) is 6.84. The summed E-state index contributed by atoms with van der Waals surface area (Å²) in [6.45, 7) is 9.72. The zero-order valence-corrected chi connectivity index (χ0v) is 11.5. The molecule has 0 aromatic carbocycles. The van der Waals surface area contributed by atoms with E-state index in [1.807, 2.05) is 6.92 Å². The Morgan fingerprint density at radius 1 is 1.44 bits per heavy atom. The van der Waals surface area contributed by atoms with E-state index in [0.717, 1.165) is 31.5 Å². The van der Waals surface area contributed by atoms with Crippen LogP contribution in [-0.4, -0.2) is 41.5 Å². The minimum atomic E-state index is -0.00296. The minimum absolute atomic E-state index is 0.00296. The molecule has 0 aliphatic rings. The van der Waals surface area contributed by atoms with Crippen LogP contribution >= 0.6 is 0 Å². The van der Waals surface area contributed by atoms with Gasteiger partial charge in [0.2, 0.25) is 0 Å². The highest BCUT2D eigenvalue weighted by Gasteiger charge is 2.33. The SMILES string of the molecule is CCCN(C)C(C)(C)C(CCCO)C(C)=N. The summed E-state index contributed by atoms with van der Waals surface area (Å²) in [6, 6.07) is 0. The Labute approximate surface area is 100 Å². The highest BCUT2D eigenvalue weighted by atomic mass is 16.2. The van der Waals surface area contributed by atoms with Crippen molar-refractivity contribution in [2.45, 2.75) is 52.5 Å². The first-order valence-electron chi connectivity index (χ1n) is 6.25. The fraction of sp³-hybridized carbons (Fsp3) is 0.923. The average Bonchev–Trinajstić information content (AvgIpc) is 2.17. The summed E-state index contributed by atoms with van der Waals surface area (Å²) >= 11 is 0. The predicted molar refractivity (Wildman–Crippen MR) is 70.2 cm³/mol. The summed E-state index contributed by atoms with van der Waals surface area (Å²) in [6.07, 6.45) is 2.81. The number of hydrogen-bond donors (Lipinski definition) is 2. The number of aliphatic hydroxyl groups excluding tert-OH is 1. The molecule has 2 N–H and O–H groups in total. The van der Waals surface area contributed by atoms with E-state index in [1.165, 1.54) is 0 Å². The van der Waals surface area contributed by atoms with Crippen LogP contribution in [0.15, 0.2) is 0 Å². The Bertz CT molecular complexity index is 214. The third-order valence-corrected chi connectivity index (χ3v) is 3.57. The molecule has 0 heterocycles. The fourth-order valence-corrected chi connectivity index (χ4v) is 2.28. The summed E-state index contributed by atoms with van der Waals surface area (Å²) in [4.78, 5) is 2.33. The molecule has 0 fully saturated rings. The van der Waals surface area contributed by atoms with Crippen LogP contribution in [0.5, 0.6) is 0 Å². The first kappa shape index (κ1) is 15.6. The van der Waals surface area contributed by atoms with Crippen molar-refractivity contribution in [1.29, 1.82) is 5.41 Å². The molecule has 3 nitrogen and oxygen atoms in total. The first-order valence-corrected chi connectivity index (χ1v) is 6.25.